The highest BCUT2D eigenvalue weighted by Gasteiger charge is 2.31. The minimum Gasteiger partial charge on any atom is -0.508 e. The van der Waals surface area contributed by atoms with E-state index >= 15 is 0 Å². The van der Waals surface area contributed by atoms with E-state index in [2.05, 4.69) is 0 Å². The van der Waals surface area contributed by atoms with Crippen LogP contribution in [0.4, 0.5) is 0 Å². The molecule has 1 aliphatic heterocycles. The zero-order chi connectivity index (χ0) is 16.6. The fourth-order valence-electron chi connectivity index (χ4n) is 2.17. The summed E-state index contributed by atoms with van der Waals surface area (Å²) in [6, 6.07) is 5.68. The number of ketones is 2. The topological polar surface area (TPSA) is 101 Å². The molecule has 6 heteroatoms. The molecule has 0 saturated carbocycles. The summed E-state index contributed by atoms with van der Waals surface area (Å²) >= 11 is 0. The van der Waals surface area contributed by atoms with Crippen LogP contribution in [0.25, 0.3) is 5.57 Å². The van der Waals surface area contributed by atoms with Crippen LogP contribution in [0.3, 0.4) is 0 Å². The molecule has 23 heavy (non-hydrogen) atoms. The second kappa shape index (κ2) is 5.42. The van der Waals surface area contributed by atoms with Crippen LogP contribution >= 0.6 is 0 Å². The number of carbonyl (C=O) groups excluding carboxylic acids is 3. The fraction of sp³-hybridized carbons (Fsp3) is 0. The number of esters is 1. The molecule has 1 aromatic rings. The predicted octanol–water partition coefficient (Wildman–Crippen LogP) is 1.74. The quantitative estimate of drug-likeness (QED) is 0.490. The van der Waals surface area contributed by atoms with Crippen molar-refractivity contribution in [3.8, 4) is 5.75 Å². The second-order valence-electron chi connectivity index (χ2n) is 4.87. The first-order chi connectivity index (χ1) is 11.0. The molecule has 2 aliphatic rings. The van der Waals surface area contributed by atoms with Gasteiger partial charge >= 0.3 is 5.97 Å². The zero-order valence-corrected chi connectivity index (χ0v) is 11.6. The normalized spacial score (nSPS) is 19.4. The first-order valence-electron chi connectivity index (χ1n) is 6.60. The van der Waals surface area contributed by atoms with Crippen molar-refractivity contribution in [3.05, 3.63) is 71.2 Å². The number of cyclic esters (lactones) is 1. The third-order valence-corrected chi connectivity index (χ3v) is 3.30. The monoisotopic (exact) mass is 310 g/mol. The average molecular weight is 310 g/mol. The number of phenolic OH excluding ortho intramolecular Hbond substituents is 1. The van der Waals surface area contributed by atoms with E-state index in [-0.39, 0.29) is 22.8 Å². The summed E-state index contributed by atoms with van der Waals surface area (Å²) in [4.78, 5) is 34.4. The van der Waals surface area contributed by atoms with Gasteiger partial charge in [0.2, 0.25) is 11.6 Å². The lowest BCUT2D eigenvalue weighted by atomic mass is 10.0. The van der Waals surface area contributed by atoms with Crippen LogP contribution in [0.5, 0.6) is 5.75 Å². The van der Waals surface area contributed by atoms with Crippen molar-refractivity contribution in [3.63, 3.8) is 0 Å². The molecule has 1 heterocycles. The molecule has 0 bridgehead atoms. The minimum absolute atomic E-state index is 0.0247. The van der Waals surface area contributed by atoms with Gasteiger partial charge in [-0.05, 0) is 41.5 Å². The van der Waals surface area contributed by atoms with E-state index in [9.17, 15) is 24.6 Å². The maximum atomic E-state index is 11.9. The number of rotatable bonds is 2. The van der Waals surface area contributed by atoms with Crippen LogP contribution in [0.2, 0.25) is 0 Å². The molecule has 0 spiro atoms. The van der Waals surface area contributed by atoms with E-state index in [0.717, 1.165) is 12.2 Å². The van der Waals surface area contributed by atoms with Crippen molar-refractivity contribution >= 4 is 23.1 Å². The maximum Gasteiger partial charge on any atom is 0.348 e. The molecule has 0 unspecified atom stereocenters. The van der Waals surface area contributed by atoms with E-state index in [4.69, 9.17) is 4.74 Å². The molecule has 0 fully saturated rings. The Bertz CT molecular complexity index is 850. The predicted molar refractivity (Wildman–Crippen MR) is 79.1 cm³/mol. The summed E-state index contributed by atoms with van der Waals surface area (Å²) in [5.41, 5.74) is 0.670. The molecule has 3 rings (SSSR count). The van der Waals surface area contributed by atoms with E-state index in [1.807, 2.05) is 0 Å². The van der Waals surface area contributed by atoms with Gasteiger partial charge in [-0.2, -0.15) is 0 Å². The van der Waals surface area contributed by atoms with Crippen LogP contribution < -0.4 is 0 Å². The molecule has 2 N–H and O–H groups in total. The number of hydrogen-bond acceptors (Lipinski definition) is 6. The molecule has 1 aliphatic carbocycles. The largest absolute Gasteiger partial charge is 0.508 e. The van der Waals surface area contributed by atoms with E-state index < -0.39 is 17.5 Å². The molecule has 0 amide bonds. The number of ether oxygens (including phenoxy) is 1. The molecular weight excluding hydrogens is 300 g/mol. The summed E-state index contributed by atoms with van der Waals surface area (Å²) in [5.74, 6) is -2.54. The molecule has 0 aromatic heterocycles. The first kappa shape index (κ1) is 14.5. The van der Waals surface area contributed by atoms with Gasteiger partial charge in [0.25, 0.3) is 0 Å². The lowest BCUT2D eigenvalue weighted by molar-refractivity contribution is -0.131. The second-order valence-corrected chi connectivity index (χ2v) is 4.87. The number of aromatic hydroxyl groups is 1. The third kappa shape index (κ3) is 2.69. The molecule has 0 atom stereocenters. The molecule has 114 valence electrons. The van der Waals surface area contributed by atoms with Gasteiger partial charge < -0.3 is 14.9 Å². The Morgan fingerprint density at radius 1 is 0.913 bits per heavy atom. The summed E-state index contributed by atoms with van der Waals surface area (Å²) in [6.07, 6.45) is 4.88. The minimum atomic E-state index is -0.748. The van der Waals surface area contributed by atoms with Gasteiger partial charge in [-0.3, -0.25) is 9.59 Å². The average Bonchev–Trinajstić information content (AvgIpc) is 2.79. The van der Waals surface area contributed by atoms with Crippen LogP contribution in [0, 0.1) is 0 Å². The first-order valence-corrected chi connectivity index (χ1v) is 6.60. The number of carbonyl (C=O) groups is 3. The lowest BCUT2D eigenvalue weighted by Crippen LogP contribution is -2.11. The Hall–Kier alpha value is -3.41. The van der Waals surface area contributed by atoms with Gasteiger partial charge in [-0.15, -0.1) is 0 Å². The summed E-state index contributed by atoms with van der Waals surface area (Å²) in [7, 11) is 0. The van der Waals surface area contributed by atoms with Gasteiger partial charge in [-0.25, -0.2) is 4.79 Å². The van der Waals surface area contributed by atoms with Crippen molar-refractivity contribution in [2.75, 3.05) is 0 Å². The standard InChI is InChI=1S/C17H10O6/c18-11-4-2-10(3-5-11)15-16(21)14(23-17(15)22)8-9-1-6-12(19)13(20)7-9/h1-8,18,21H/b14-8-. The van der Waals surface area contributed by atoms with Gasteiger partial charge in [0, 0.05) is 0 Å². The Kier molecular flexibility index (Phi) is 3.42. The number of phenols is 1. The van der Waals surface area contributed by atoms with Crippen LogP contribution in [-0.4, -0.2) is 27.7 Å². The Labute approximate surface area is 130 Å². The van der Waals surface area contributed by atoms with Crippen molar-refractivity contribution in [1.82, 2.24) is 0 Å². The number of aliphatic hydroxyl groups excluding tert-OH is 1. The highest BCUT2D eigenvalue weighted by atomic mass is 16.6. The molecule has 6 nitrogen and oxygen atoms in total. The number of aliphatic hydroxyl groups is 1. The van der Waals surface area contributed by atoms with Crippen LogP contribution in [0.15, 0.2) is 65.7 Å². The van der Waals surface area contributed by atoms with Crippen molar-refractivity contribution in [2.24, 2.45) is 0 Å². The molecular formula is C17H10O6. The van der Waals surface area contributed by atoms with Crippen LogP contribution in [0.1, 0.15) is 5.56 Å². The third-order valence-electron chi connectivity index (χ3n) is 3.30. The van der Waals surface area contributed by atoms with Crippen molar-refractivity contribution in [2.45, 2.75) is 0 Å². The fourth-order valence-corrected chi connectivity index (χ4v) is 2.17. The lowest BCUT2D eigenvalue weighted by Gasteiger charge is -2.02. The number of allylic oxidation sites excluding steroid dienone is 5. The SMILES string of the molecule is O=C1C=CC(/C=C2\OC(=O)C(c3ccc(O)cc3)=C2O)=CC1=O. The molecule has 1 aromatic carbocycles. The molecule has 0 saturated heterocycles. The van der Waals surface area contributed by atoms with Crippen molar-refractivity contribution in [1.29, 1.82) is 0 Å². The van der Waals surface area contributed by atoms with E-state index in [1.165, 1.54) is 36.4 Å². The highest BCUT2D eigenvalue weighted by Crippen LogP contribution is 2.33. The Morgan fingerprint density at radius 3 is 2.26 bits per heavy atom. The summed E-state index contributed by atoms with van der Waals surface area (Å²) < 4.78 is 5.00. The van der Waals surface area contributed by atoms with E-state index in [1.54, 1.807) is 0 Å². The van der Waals surface area contributed by atoms with Crippen molar-refractivity contribution < 1.29 is 29.3 Å². The maximum absolute atomic E-state index is 11.9. The summed E-state index contributed by atoms with van der Waals surface area (Å²) in [6.45, 7) is 0. The summed E-state index contributed by atoms with van der Waals surface area (Å²) in [5, 5.41) is 19.5. The molecule has 0 radical (unpaired) electrons. The van der Waals surface area contributed by atoms with Gasteiger partial charge in [0.05, 0.1) is 0 Å². The zero-order valence-electron chi connectivity index (χ0n) is 11.6. The highest BCUT2D eigenvalue weighted by molar-refractivity contribution is 6.46. The Balaban J connectivity index is 1.99. The van der Waals surface area contributed by atoms with E-state index in [0.29, 0.717) is 11.1 Å². The van der Waals surface area contributed by atoms with Gasteiger partial charge in [-0.1, -0.05) is 18.2 Å². The van der Waals surface area contributed by atoms with Gasteiger partial charge in [0.15, 0.2) is 11.5 Å². The Morgan fingerprint density at radius 2 is 1.61 bits per heavy atom. The van der Waals surface area contributed by atoms with Gasteiger partial charge in [0.1, 0.15) is 11.3 Å². The number of benzene rings is 1. The smallest absolute Gasteiger partial charge is 0.348 e. The van der Waals surface area contributed by atoms with Crippen LogP contribution in [-0.2, 0) is 19.1 Å². The number of hydrogen-bond donors (Lipinski definition) is 2.